The first-order chi connectivity index (χ1) is 20.3. The molecule has 43 heavy (non-hydrogen) atoms. The lowest BCUT2D eigenvalue weighted by Gasteiger charge is -2.42. The second-order valence-electron chi connectivity index (χ2n) is 11.6. The number of rotatable bonds is 7. The lowest BCUT2D eigenvalue weighted by atomic mass is 9.80. The summed E-state index contributed by atoms with van der Waals surface area (Å²) >= 11 is 0. The van der Waals surface area contributed by atoms with Crippen LogP contribution in [0.15, 0.2) is 58.8 Å². The van der Waals surface area contributed by atoms with E-state index >= 15 is 0 Å². The van der Waals surface area contributed by atoms with Gasteiger partial charge in [-0.1, -0.05) is 26.8 Å². The van der Waals surface area contributed by atoms with E-state index in [2.05, 4.69) is 47.7 Å². The molecule has 1 aromatic carbocycles. The van der Waals surface area contributed by atoms with Crippen molar-refractivity contribution in [3.05, 3.63) is 75.5 Å². The van der Waals surface area contributed by atoms with E-state index in [9.17, 15) is 22.8 Å². The van der Waals surface area contributed by atoms with Gasteiger partial charge in [-0.25, -0.2) is 19.0 Å². The zero-order valence-electron chi connectivity index (χ0n) is 24.8. The Labute approximate surface area is 246 Å². The molecule has 0 spiro atoms. The summed E-state index contributed by atoms with van der Waals surface area (Å²) in [6.07, 6.45) is -1.73. The molecule has 0 aliphatic carbocycles. The zero-order valence-corrected chi connectivity index (χ0v) is 24.8. The molecule has 13 heteroatoms. The van der Waals surface area contributed by atoms with Crippen molar-refractivity contribution in [3.8, 4) is 5.82 Å². The first kappa shape index (κ1) is 30.1. The Balaban J connectivity index is 1.57. The van der Waals surface area contributed by atoms with Gasteiger partial charge < -0.3 is 10.2 Å². The van der Waals surface area contributed by atoms with Crippen molar-refractivity contribution in [3.63, 3.8) is 0 Å². The maximum absolute atomic E-state index is 14.3. The van der Waals surface area contributed by atoms with Gasteiger partial charge in [0.15, 0.2) is 11.5 Å². The van der Waals surface area contributed by atoms with Crippen molar-refractivity contribution in [1.82, 2.24) is 29.1 Å². The van der Waals surface area contributed by atoms with E-state index in [1.165, 1.54) is 44.5 Å². The Bertz CT molecular complexity index is 1780. The monoisotopic (exact) mass is 596 g/mol. The van der Waals surface area contributed by atoms with Crippen LogP contribution < -0.4 is 21.3 Å². The smallest absolute Gasteiger partial charge is 0.370 e. The van der Waals surface area contributed by atoms with Crippen molar-refractivity contribution < 1.29 is 13.2 Å². The maximum atomic E-state index is 14.3. The molecule has 1 saturated heterocycles. The van der Waals surface area contributed by atoms with Crippen molar-refractivity contribution in [2.75, 3.05) is 23.3 Å². The SMILES string of the molecule is C=CCn1c(=O)c2cnc(Nc3ccc(N4C[C@@H](C)C(C)[C@@H](C)C4)c(C(F)(F)F)c3)nc2n1-c1ccc(=O)n(C(C)C)n1. The number of piperidine rings is 1. The first-order valence-electron chi connectivity index (χ1n) is 14.2. The van der Waals surface area contributed by atoms with E-state index in [4.69, 9.17) is 0 Å². The van der Waals surface area contributed by atoms with Gasteiger partial charge in [-0.05, 0) is 55.9 Å². The lowest BCUT2D eigenvalue weighted by molar-refractivity contribution is -0.137. The van der Waals surface area contributed by atoms with Crippen LogP contribution in [0.3, 0.4) is 0 Å². The molecule has 5 rings (SSSR count). The quantitative estimate of drug-likeness (QED) is 0.285. The van der Waals surface area contributed by atoms with Crippen molar-refractivity contribution in [2.45, 2.75) is 53.4 Å². The number of halogens is 3. The molecule has 1 aliphatic heterocycles. The third-order valence-corrected chi connectivity index (χ3v) is 8.21. The summed E-state index contributed by atoms with van der Waals surface area (Å²) in [4.78, 5) is 36.1. The highest BCUT2D eigenvalue weighted by Crippen LogP contribution is 2.41. The number of fused-ring (bicyclic) bond motifs is 1. The topological polar surface area (TPSA) is 103 Å². The Kier molecular flexibility index (Phi) is 7.93. The first-order valence-corrected chi connectivity index (χ1v) is 14.2. The van der Waals surface area contributed by atoms with Crippen molar-refractivity contribution in [2.24, 2.45) is 17.8 Å². The highest BCUT2D eigenvalue weighted by atomic mass is 19.4. The summed E-state index contributed by atoms with van der Waals surface area (Å²) < 4.78 is 47.0. The summed E-state index contributed by atoms with van der Waals surface area (Å²) in [7, 11) is 0. The second-order valence-corrected chi connectivity index (χ2v) is 11.6. The van der Waals surface area contributed by atoms with Crippen LogP contribution >= 0.6 is 0 Å². The molecule has 0 bridgehead atoms. The van der Waals surface area contributed by atoms with Crippen LogP contribution in [0.4, 0.5) is 30.5 Å². The number of nitrogens with one attached hydrogen (secondary N) is 1. The van der Waals surface area contributed by atoms with Crippen LogP contribution in [-0.2, 0) is 12.7 Å². The van der Waals surface area contributed by atoms with E-state index in [1.807, 2.05) is 4.90 Å². The fourth-order valence-corrected chi connectivity index (χ4v) is 5.61. The third-order valence-electron chi connectivity index (χ3n) is 8.21. The predicted molar refractivity (Wildman–Crippen MR) is 160 cm³/mol. The van der Waals surface area contributed by atoms with Gasteiger partial charge in [0.1, 0.15) is 5.39 Å². The van der Waals surface area contributed by atoms with Gasteiger partial charge in [0.2, 0.25) is 5.95 Å². The number of hydrogen-bond donors (Lipinski definition) is 1. The predicted octanol–water partition coefficient (Wildman–Crippen LogP) is 5.40. The van der Waals surface area contributed by atoms with E-state index < -0.39 is 17.3 Å². The number of anilines is 3. The van der Waals surface area contributed by atoms with E-state index in [0.717, 1.165) is 6.07 Å². The average Bonchev–Trinajstić information content (AvgIpc) is 3.21. The molecule has 0 radical (unpaired) electrons. The second kappa shape index (κ2) is 11.3. The fourth-order valence-electron chi connectivity index (χ4n) is 5.61. The van der Waals surface area contributed by atoms with Crippen LogP contribution in [0.2, 0.25) is 0 Å². The minimum Gasteiger partial charge on any atom is -0.370 e. The van der Waals surface area contributed by atoms with Crippen LogP contribution in [0.1, 0.15) is 46.2 Å². The van der Waals surface area contributed by atoms with Gasteiger partial charge in [-0.15, -0.1) is 11.7 Å². The molecule has 3 aromatic heterocycles. The number of benzene rings is 1. The molecule has 4 heterocycles. The number of hydrogen-bond acceptors (Lipinski definition) is 7. The average molecular weight is 597 g/mol. The van der Waals surface area contributed by atoms with Crippen molar-refractivity contribution in [1.29, 1.82) is 0 Å². The summed E-state index contributed by atoms with van der Waals surface area (Å²) in [5.41, 5.74) is -1.01. The fraction of sp³-hybridized carbons (Fsp3) is 0.433. The molecular weight excluding hydrogens is 561 g/mol. The molecular formula is C30H35F3N8O2. The number of nitrogens with zero attached hydrogens (tertiary/aromatic N) is 7. The zero-order chi connectivity index (χ0) is 31.2. The Hall–Kier alpha value is -4.42. The molecule has 0 amide bonds. The Morgan fingerprint density at radius 3 is 2.42 bits per heavy atom. The van der Waals surface area contributed by atoms with Gasteiger partial charge >= 0.3 is 6.18 Å². The lowest BCUT2D eigenvalue weighted by Crippen LogP contribution is -2.44. The molecule has 1 fully saturated rings. The molecule has 4 aromatic rings. The van der Waals surface area contributed by atoms with Gasteiger partial charge in [-0.3, -0.25) is 9.59 Å². The minimum absolute atomic E-state index is 0.0101. The largest absolute Gasteiger partial charge is 0.418 e. The molecule has 1 unspecified atom stereocenters. The normalized spacial score (nSPS) is 19.3. The van der Waals surface area contributed by atoms with E-state index in [-0.39, 0.29) is 64.2 Å². The van der Waals surface area contributed by atoms with E-state index in [1.54, 1.807) is 19.9 Å². The molecule has 1 N–H and O–H groups in total. The number of aromatic nitrogens is 6. The van der Waals surface area contributed by atoms with Crippen LogP contribution in [-0.4, -0.2) is 42.2 Å². The molecule has 228 valence electrons. The summed E-state index contributed by atoms with van der Waals surface area (Å²) in [5, 5.41) is 7.48. The standard InChI is InChI=1S/C30H35F3N8O2/c1-7-12-39-28(43)22-14-34-29(36-27(22)41(39)25-10-11-26(42)40(37-25)17(2)3)35-21-8-9-24(23(13-21)30(31,32)33)38-15-18(4)20(6)19(5)16-38/h7-11,13-14,17-20H,1,12,15-16H2,2-6H3,(H,34,35,36)/t18-,19+,20?. The summed E-state index contributed by atoms with van der Waals surface area (Å²) in [6.45, 7) is 14.8. The van der Waals surface area contributed by atoms with Crippen molar-refractivity contribution >= 4 is 28.4 Å². The van der Waals surface area contributed by atoms with Gasteiger partial charge in [-0.2, -0.15) is 18.2 Å². The number of alkyl halides is 3. The van der Waals surface area contributed by atoms with Crippen LogP contribution in [0, 0.1) is 17.8 Å². The Morgan fingerprint density at radius 2 is 1.79 bits per heavy atom. The number of allylic oxidation sites excluding steroid dienone is 1. The molecule has 3 atom stereocenters. The van der Waals surface area contributed by atoms with Gasteiger partial charge in [0.05, 0.1) is 18.2 Å². The van der Waals surface area contributed by atoms with Gasteiger partial charge in [0.25, 0.3) is 11.1 Å². The highest BCUT2D eigenvalue weighted by Gasteiger charge is 2.38. The summed E-state index contributed by atoms with van der Waals surface area (Å²) in [6, 6.07) is 6.70. The molecule has 0 saturated carbocycles. The van der Waals surface area contributed by atoms with E-state index in [0.29, 0.717) is 19.0 Å². The summed E-state index contributed by atoms with van der Waals surface area (Å²) in [5.74, 6) is 1.17. The van der Waals surface area contributed by atoms with Crippen LogP contribution in [0.5, 0.6) is 0 Å². The minimum atomic E-state index is -4.58. The van der Waals surface area contributed by atoms with Gasteiger partial charge in [0, 0.05) is 36.7 Å². The highest BCUT2D eigenvalue weighted by molar-refractivity contribution is 5.77. The Morgan fingerprint density at radius 1 is 1.09 bits per heavy atom. The maximum Gasteiger partial charge on any atom is 0.418 e. The third kappa shape index (κ3) is 5.67. The van der Waals surface area contributed by atoms with Crippen LogP contribution in [0.25, 0.3) is 16.9 Å². The molecule has 10 nitrogen and oxygen atoms in total. The molecule has 1 aliphatic rings.